The molecule has 1 aromatic rings. The molecule has 1 fully saturated rings. The standard InChI is InChI=1S/C15H21ClN2S/c1-11-7-8-13(9-14(11)16)18-15(19)17-10-12-5-3-2-4-6-12/h7-9,12H,2-6,10H2,1H3,(H2,17,18,19). The molecule has 0 heterocycles. The number of rotatable bonds is 3. The van der Waals surface area contributed by atoms with Gasteiger partial charge in [0.15, 0.2) is 5.11 Å². The summed E-state index contributed by atoms with van der Waals surface area (Å²) in [4.78, 5) is 0. The van der Waals surface area contributed by atoms with Crippen molar-refractivity contribution < 1.29 is 0 Å². The number of halogens is 1. The Morgan fingerprint density at radius 3 is 2.74 bits per heavy atom. The number of hydrogen-bond acceptors (Lipinski definition) is 1. The van der Waals surface area contributed by atoms with Gasteiger partial charge in [-0.1, -0.05) is 36.9 Å². The predicted octanol–water partition coefficient (Wildman–Crippen LogP) is 4.52. The van der Waals surface area contributed by atoms with Crippen LogP contribution in [0.3, 0.4) is 0 Å². The van der Waals surface area contributed by atoms with E-state index >= 15 is 0 Å². The first-order valence-electron chi connectivity index (χ1n) is 6.96. The third kappa shape index (κ3) is 4.66. The van der Waals surface area contributed by atoms with Crippen LogP contribution in [-0.2, 0) is 0 Å². The topological polar surface area (TPSA) is 24.1 Å². The van der Waals surface area contributed by atoms with Crippen molar-refractivity contribution in [2.45, 2.75) is 39.0 Å². The Morgan fingerprint density at radius 2 is 2.05 bits per heavy atom. The third-order valence-electron chi connectivity index (χ3n) is 3.71. The molecule has 1 saturated carbocycles. The Bertz CT molecular complexity index is 442. The Labute approximate surface area is 125 Å². The predicted molar refractivity (Wildman–Crippen MR) is 87.0 cm³/mol. The molecule has 19 heavy (non-hydrogen) atoms. The summed E-state index contributed by atoms with van der Waals surface area (Å²) in [5.74, 6) is 0.773. The summed E-state index contributed by atoms with van der Waals surface area (Å²) in [7, 11) is 0. The van der Waals surface area contributed by atoms with Crippen LogP contribution in [0.5, 0.6) is 0 Å². The molecule has 0 amide bonds. The smallest absolute Gasteiger partial charge is 0.170 e. The van der Waals surface area contributed by atoms with E-state index in [2.05, 4.69) is 10.6 Å². The fourth-order valence-corrected chi connectivity index (χ4v) is 2.86. The normalized spacial score (nSPS) is 16.1. The van der Waals surface area contributed by atoms with Gasteiger partial charge in [-0.2, -0.15) is 0 Å². The Hall–Kier alpha value is -0.800. The molecule has 1 aliphatic rings. The first-order chi connectivity index (χ1) is 9.15. The van der Waals surface area contributed by atoms with Crippen molar-refractivity contribution >= 4 is 34.6 Å². The van der Waals surface area contributed by atoms with Crippen molar-refractivity contribution in [3.63, 3.8) is 0 Å². The van der Waals surface area contributed by atoms with E-state index in [9.17, 15) is 0 Å². The molecule has 2 rings (SSSR count). The number of hydrogen-bond donors (Lipinski definition) is 2. The lowest BCUT2D eigenvalue weighted by Crippen LogP contribution is -2.33. The molecular formula is C15H21ClN2S. The monoisotopic (exact) mass is 296 g/mol. The highest BCUT2D eigenvalue weighted by Gasteiger charge is 2.13. The molecule has 0 bridgehead atoms. The van der Waals surface area contributed by atoms with Crippen LogP contribution >= 0.6 is 23.8 Å². The zero-order valence-electron chi connectivity index (χ0n) is 11.3. The van der Waals surface area contributed by atoms with Crippen LogP contribution in [0.4, 0.5) is 5.69 Å². The van der Waals surface area contributed by atoms with E-state index in [-0.39, 0.29) is 0 Å². The molecule has 2 nitrogen and oxygen atoms in total. The minimum atomic E-state index is 0.686. The number of aryl methyl sites for hydroxylation is 1. The summed E-state index contributed by atoms with van der Waals surface area (Å²) < 4.78 is 0. The molecule has 4 heteroatoms. The van der Waals surface area contributed by atoms with Crippen molar-refractivity contribution in [1.29, 1.82) is 0 Å². The highest BCUT2D eigenvalue weighted by atomic mass is 35.5. The van der Waals surface area contributed by atoms with E-state index in [0.717, 1.165) is 28.7 Å². The van der Waals surface area contributed by atoms with Gasteiger partial charge in [-0.3, -0.25) is 0 Å². The second-order valence-corrected chi connectivity index (χ2v) is 6.12. The summed E-state index contributed by atoms with van der Waals surface area (Å²) in [6.45, 7) is 2.97. The summed E-state index contributed by atoms with van der Waals surface area (Å²) in [6.07, 6.45) is 6.76. The maximum Gasteiger partial charge on any atom is 0.170 e. The molecule has 0 aliphatic heterocycles. The highest BCUT2D eigenvalue weighted by Crippen LogP contribution is 2.23. The zero-order chi connectivity index (χ0) is 13.7. The number of thiocarbonyl (C=S) groups is 1. The van der Waals surface area contributed by atoms with Crippen LogP contribution in [0.15, 0.2) is 18.2 Å². The van der Waals surface area contributed by atoms with Gasteiger partial charge in [0.05, 0.1) is 0 Å². The molecule has 0 aromatic heterocycles. The van der Waals surface area contributed by atoms with Crippen molar-refractivity contribution in [3.05, 3.63) is 28.8 Å². The van der Waals surface area contributed by atoms with Gasteiger partial charge >= 0.3 is 0 Å². The fraction of sp³-hybridized carbons (Fsp3) is 0.533. The summed E-state index contributed by atoms with van der Waals surface area (Å²) in [5.41, 5.74) is 2.02. The first kappa shape index (κ1) is 14.6. The second-order valence-electron chi connectivity index (χ2n) is 5.30. The van der Waals surface area contributed by atoms with Crippen LogP contribution in [0, 0.1) is 12.8 Å². The van der Waals surface area contributed by atoms with Crippen LogP contribution in [0.2, 0.25) is 5.02 Å². The minimum absolute atomic E-state index is 0.686. The molecular weight excluding hydrogens is 276 g/mol. The van der Waals surface area contributed by atoms with Gasteiger partial charge in [0.2, 0.25) is 0 Å². The largest absolute Gasteiger partial charge is 0.362 e. The number of nitrogens with one attached hydrogen (secondary N) is 2. The summed E-state index contributed by atoms with van der Waals surface area (Å²) >= 11 is 11.4. The van der Waals surface area contributed by atoms with Crippen LogP contribution in [0.1, 0.15) is 37.7 Å². The van der Waals surface area contributed by atoms with Gasteiger partial charge in [0.1, 0.15) is 0 Å². The number of anilines is 1. The van der Waals surface area contributed by atoms with Gasteiger partial charge in [-0.25, -0.2) is 0 Å². The Morgan fingerprint density at radius 1 is 1.32 bits per heavy atom. The van der Waals surface area contributed by atoms with Crippen molar-refractivity contribution in [1.82, 2.24) is 5.32 Å². The average Bonchev–Trinajstić information content (AvgIpc) is 2.42. The van der Waals surface area contributed by atoms with Crippen LogP contribution in [0.25, 0.3) is 0 Å². The molecule has 2 N–H and O–H groups in total. The molecule has 1 aromatic carbocycles. The van der Waals surface area contributed by atoms with E-state index in [4.69, 9.17) is 23.8 Å². The average molecular weight is 297 g/mol. The molecule has 1 aliphatic carbocycles. The molecule has 0 spiro atoms. The molecule has 0 radical (unpaired) electrons. The fourth-order valence-electron chi connectivity index (χ4n) is 2.47. The van der Waals surface area contributed by atoms with E-state index in [0.29, 0.717) is 5.11 Å². The molecule has 104 valence electrons. The van der Waals surface area contributed by atoms with Crippen LogP contribution < -0.4 is 10.6 Å². The van der Waals surface area contributed by atoms with Gasteiger partial charge < -0.3 is 10.6 Å². The van der Waals surface area contributed by atoms with Gasteiger partial charge in [-0.05, 0) is 55.6 Å². The maximum absolute atomic E-state index is 6.09. The van der Waals surface area contributed by atoms with Gasteiger partial charge in [-0.15, -0.1) is 0 Å². The van der Waals surface area contributed by atoms with E-state index in [1.54, 1.807) is 0 Å². The van der Waals surface area contributed by atoms with Crippen molar-refractivity contribution in [3.8, 4) is 0 Å². The van der Waals surface area contributed by atoms with Gasteiger partial charge in [0, 0.05) is 17.3 Å². The minimum Gasteiger partial charge on any atom is -0.362 e. The number of benzene rings is 1. The highest BCUT2D eigenvalue weighted by molar-refractivity contribution is 7.80. The van der Waals surface area contributed by atoms with Gasteiger partial charge in [0.25, 0.3) is 0 Å². The SMILES string of the molecule is Cc1ccc(NC(=S)NCC2CCCCC2)cc1Cl. The van der Waals surface area contributed by atoms with E-state index in [1.807, 2.05) is 25.1 Å². The Balaban J connectivity index is 1.78. The summed E-state index contributed by atoms with van der Waals surface area (Å²) in [5, 5.41) is 7.95. The zero-order valence-corrected chi connectivity index (χ0v) is 12.9. The first-order valence-corrected chi connectivity index (χ1v) is 7.75. The lowest BCUT2D eigenvalue weighted by Gasteiger charge is -2.22. The van der Waals surface area contributed by atoms with Crippen LogP contribution in [-0.4, -0.2) is 11.7 Å². The molecule has 0 unspecified atom stereocenters. The lowest BCUT2D eigenvalue weighted by atomic mass is 9.89. The van der Waals surface area contributed by atoms with Crippen molar-refractivity contribution in [2.24, 2.45) is 5.92 Å². The molecule has 0 saturated heterocycles. The maximum atomic E-state index is 6.09. The third-order valence-corrected chi connectivity index (χ3v) is 4.36. The summed E-state index contributed by atoms with van der Waals surface area (Å²) in [6, 6.07) is 5.90. The van der Waals surface area contributed by atoms with E-state index in [1.165, 1.54) is 32.1 Å². The van der Waals surface area contributed by atoms with E-state index < -0.39 is 0 Å². The van der Waals surface area contributed by atoms with Crippen molar-refractivity contribution in [2.75, 3.05) is 11.9 Å². The second kappa shape index (κ2) is 7.11. The molecule has 0 atom stereocenters. The lowest BCUT2D eigenvalue weighted by molar-refractivity contribution is 0.357. The Kier molecular flexibility index (Phi) is 5.46. The quantitative estimate of drug-likeness (QED) is 0.802.